The molecule has 30 heavy (non-hydrogen) atoms. The van der Waals surface area contributed by atoms with Gasteiger partial charge in [0.1, 0.15) is 0 Å². The Kier molecular flexibility index (Phi) is 8.84. The van der Waals surface area contributed by atoms with E-state index in [-0.39, 0.29) is 18.0 Å². The lowest BCUT2D eigenvalue weighted by Crippen LogP contribution is -2.48. The molecular formula is C22H34N4O3S. The van der Waals surface area contributed by atoms with E-state index in [1.807, 2.05) is 40.9 Å². The first-order valence-corrected chi connectivity index (χ1v) is 12.0. The summed E-state index contributed by atoms with van der Waals surface area (Å²) in [5.41, 5.74) is 1.68. The van der Waals surface area contributed by atoms with E-state index < -0.39 is 0 Å². The molecular weight excluding hydrogens is 400 g/mol. The highest BCUT2D eigenvalue weighted by Crippen LogP contribution is 2.14. The van der Waals surface area contributed by atoms with Crippen LogP contribution in [-0.2, 0) is 16.0 Å². The predicted octanol–water partition coefficient (Wildman–Crippen LogP) is 2.28. The van der Waals surface area contributed by atoms with E-state index in [0.717, 1.165) is 49.8 Å². The Bertz CT molecular complexity index is 692. The Labute approximate surface area is 183 Å². The van der Waals surface area contributed by atoms with E-state index in [1.54, 1.807) is 0 Å². The van der Waals surface area contributed by atoms with Crippen molar-refractivity contribution in [3.63, 3.8) is 0 Å². The smallest absolute Gasteiger partial charge is 0.319 e. The number of rotatable bonds is 7. The highest BCUT2D eigenvalue weighted by Gasteiger charge is 2.21. The normalized spacial score (nSPS) is 20.2. The summed E-state index contributed by atoms with van der Waals surface area (Å²) < 4.78 is 5.77. The number of amides is 3. The van der Waals surface area contributed by atoms with Gasteiger partial charge in [-0.2, -0.15) is 11.8 Å². The predicted molar refractivity (Wildman–Crippen MR) is 122 cm³/mol. The molecule has 8 heteroatoms. The van der Waals surface area contributed by atoms with Crippen LogP contribution < -0.4 is 10.6 Å². The monoisotopic (exact) mass is 434 g/mol. The van der Waals surface area contributed by atoms with Gasteiger partial charge in [-0.3, -0.25) is 9.69 Å². The van der Waals surface area contributed by atoms with E-state index in [9.17, 15) is 9.59 Å². The second kappa shape index (κ2) is 11.6. The van der Waals surface area contributed by atoms with Gasteiger partial charge < -0.3 is 20.3 Å². The fraction of sp³-hybridized carbons (Fsp3) is 0.636. The van der Waals surface area contributed by atoms with Crippen LogP contribution in [0.1, 0.15) is 19.4 Å². The minimum atomic E-state index is -0.241. The molecule has 2 heterocycles. The Balaban J connectivity index is 1.39. The van der Waals surface area contributed by atoms with Gasteiger partial charge in [-0.1, -0.05) is 26.0 Å². The minimum absolute atomic E-state index is 0.0184. The third-order valence-corrected chi connectivity index (χ3v) is 6.21. The Morgan fingerprint density at radius 3 is 2.60 bits per heavy atom. The van der Waals surface area contributed by atoms with Crippen molar-refractivity contribution in [1.29, 1.82) is 0 Å². The molecule has 7 nitrogen and oxygen atoms in total. The molecule has 0 radical (unpaired) electrons. The van der Waals surface area contributed by atoms with E-state index in [0.29, 0.717) is 31.2 Å². The zero-order chi connectivity index (χ0) is 21.3. The number of nitrogens with one attached hydrogen (secondary N) is 2. The second-order valence-electron chi connectivity index (χ2n) is 8.35. The molecule has 3 rings (SSSR count). The number of carbonyl (C=O) groups excluding carboxylic acids is 2. The summed E-state index contributed by atoms with van der Waals surface area (Å²) in [6.45, 7) is 10.1. The number of urea groups is 1. The number of nitrogens with zero attached hydrogens (tertiary/aromatic N) is 2. The van der Waals surface area contributed by atoms with Crippen molar-refractivity contribution in [2.45, 2.75) is 26.4 Å². The summed E-state index contributed by atoms with van der Waals surface area (Å²) in [7, 11) is 0. The highest BCUT2D eigenvalue weighted by atomic mass is 32.2. The fourth-order valence-electron chi connectivity index (χ4n) is 3.77. The van der Waals surface area contributed by atoms with Crippen LogP contribution in [0.5, 0.6) is 0 Å². The summed E-state index contributed by atoms with van der Waals surface area (Å²) in [5.74, 6) is 2.83. The van der Waals surface area contributed by atoms with Crippen LogP contribution in [0, 0.1) is 5.92 Å². The van der Waals surface area contributed by atoms with Crippen LogP contribution in [0.3, 0.4) is 0 Å². The van der Waals surface area contributed by atoms with Crippen LogP contribution in [0.25, 0.3) is 0 Å². The molecule has 0 aliphatic carbocycles. The zero-order valence-electron chi connectivity index (χ0n) is 18.1. The number of hydrogen-bond donors (Lipinski definition) is 2. The van der Waals surface area contributed by atoms with E-state index in [4.69, 9.17) is 4.74 Å². The molecule has 1 aromatic rings. The largest absolute Gasteiger partial charge is 0.374 e. The molecule has 2 N–H and O–H groups in total. The maximum Gasteiger partial charge on any atom is 0.319 e. The first kappa shape index (κ1) is 22.9. The third-order valence-electron chi connectivity index (χ3n) is 5.27. The maximum atomic E-state index is 12.4. The molecule has 1 atom stereocenters. The van der Waals surface area contributed by atoms with Gasteiger partial charge in [-0.15, -0.1) is 0 Å². The van der Waals surface area contributed by atoms with Gasteiger partial charge in [0.15, 0.2) is 0 Å². The molecule has 0 aromatic heterocycles. The van der Waals surface area contributed by atoms with E-state index in [2.05, 4.69) is 29.4 Å². The first-order valence-electron chi connectivity index (χ1n) is 10.8. The topological polar surface area (TPSA) is 73.9 Å². The first-order chi connectivity index (χ1) is 14.5. The van der Waals surface area contributed by atoms with Gasteiger partial charge in [0.2, 0.25) is 5.91 Å². The number of ether oxygens (including phenoxy) is 1. The summed E-state index contributed by atoms with van der Waals surface area (Å²) >= 11 is 1.89. The van der Waals surface area contributed by atoms with Crippen molar-refractivity contribution in [1.82, 2.24) is 15.1 Å². The fourth-order valence-corrected chi connectivity index (χ4v) is 4.68. The van der Waals surface area contributed by atoms with E-state index >= 15 is 0 Å². The standard InChI is InChI=1S/C22H34N4O3S/c1-17(2)15-25-7-10-29-20(16-25)14-23-22(28)24-19-5-3-18(4-6-19)13-21(27)26-8-11-30-12-9-26/h3-6,17,20H,7-16H2,1-2H3,(H2,23,24,28). The van der Waals surface area contributed by atoms with Crippen LogP contribution in [0.15, 0.2) is 24.3 Å². The Hall–Kier alpha value is -1.77. The number of benzene rings is 1. The van der Waals surface area contributed by atoms with Gasteiger partial charge in [0, 0.05) is 56.5 Å². The van der Waals surface area contributed by atoms with Gasteiger partial charge in [-0.25, -0.2) is 4.79 Å². The van der Waals surface area contributed by atoms with Gasteiger partial charge >= 0.3 is 6.03 Å². The summed E-state index contributed by atoms with van der Waals surface area (Å²) in [6, 6.07) is 7.25. The molecule has 2 aliphatic rings. The molecule has 1 unspecified atom stereocenters. The molecule has 0 bridgehead atoms. The molecule has 166 valence electrons. The van der Waals surface area contributed by atoms with Gasteiger partial charge in [0.05, 0.1) is 19.1 Å². The number of anilines is 1. The van der Waals surface area contributed by atoms with Crippen LogP contribution in [0.2, 0.25) is 0 Å². The lowest BCUT2D eigenvalue weighted by Gasteiger charge is -2.33. The lowest BCUT2D eigenvalue weighted by molar-refractivity contribution is -0.130. The minimum Gasteiger partial charge on any atom is -0.374 e. The van der Waals surface area contributed by atoms with Crippen molar-refractivity contribution < 1.29 is 14.3 Å². The quantitative estimate of drug-likeness (QED) is 0.689. The Morgan fingerprint density at radius 1 is 1.17 bits per heavy atom. The molecule has 3 amide bonds. The molecule has 1 aromatic carbocycles. The van der Waals surface area contributed by atoms with Crippen molar-refractivity contribution in [3.05, 3.63) is 29.8 Å². The van der Waals surface area contributed by atoms with Crippen LogP contribution in [0.4, 0.5) is 10.5 Å². The molecule has 2 aliphatic heterocycles. The SMILES string of the molecule is CC(C)CN1CCOC(CNC(=O)Nc2ccc(CC(=O)N3CCSCC3)cc2)C1. The summed E-state index contributed by atoms with van der Waals surface area (Å²) in [6.07, 6.45) is 0.424. The third kappa shape index (κ3) is 7.49. The molecule has 2 fully saturated rings. The number of carbonyl (C=O) groups is 2. The number of thioether (sulfide) groups is 1. The molecule has 0 spiro atoms. The maximum absolute atomic E-state index is 12.4. The average molecular weight is 435 g/mol. The van der Waals surface area contributed by atoms with Crippen molar-refractivity contribution in [3.8, 4) is 0 Å². The van der Waals surface area contributed by atoms with Crippen molar-refractivity contribution >= 4 is 29.4 Å². The van der Waals surface area contributed by atoms with Crippen molar-refractivity contribution in [2.24, 2.45) is 5.92 Å². The Morgan fingerprint density at radius 2 is 1.90 bits per heavy atom. The summed E-state index contributed by atoms with van der Waals surface area (Å²) in [4.78, 5) is 28.9. The molecule has 2 saturated heterocycles. The zero-order valence-corrected chi connectivity index (χ0v) is 18.9. The van der Waals surface area contributed by atoms with Gasteiger partial charge in [0.25, 0.3) is 0 Å². The van der Waals surface area contributed by atoms with Crippen molar-refractivity contribution in [2.75, 3.05) is 62.7 Å². The number of hydrogen-bond acceptors (Lipinski definition) is 5. The van der Waals surface area contributed by atoms with E-state index in [1.165, 1.54) is 0 Å². The second-order valence-corrected chi connectivity index (χ2v) is 9.57. The van der Waals surface area contributed by atoms with Crippen LogP contribution in [-0.4, -0.2) is 85.2 Å². The highest BCUT2D eigenvalue weighted by molar-refractivity contribution is 7.99. The summed E-state index contributed by atoms with van der Waals surface area (Å²) in [5, 5.41) is 5.75. The average Bonchev–Trinajstić information content (AvgIpc) is 2.74. The number of morpholine rings is 1. The van der Waals surface area contributed by atoms with Crippen LogP contribution >= 0.6 is 11.8 Å². The molecule has 0 saturated carbocycles. The van der Waals surface area contributed by atoms with Gasteiger partial charge in [-0.05, 0) is 23.6 Å². The lowest BCUT2D eigenvalue weighted by atomic mass is 10.1.